The molecule has 10 heteroatoms. The van der Waals surface area contributed by atoms with Crippen LogP contribution in [0.5, 0.6) is 5.75 Å². The molecule has 5 rings (SSSR count). The van der Waals surface area contributed by atoms with E-state index in [4.69, 9.17) is 9.72 Å². The predicted molar refractivity (Wildman–Crippen MR) is 161 cm³/mol. The molecule has 1 saturated carbocycles. The molecule has 2 aromatic heterocycles. The number of carbonyl (C=O) groups excluding carboxylic acids is 1. The Labute approximate surface area is 241 Å². The Bertz CT molecular complexity index is 1450. The second kappa shape index (κ2) is 11.9. The van der Waals surface area contributed by atoms with E-state index >= 15 is 0 Å². The summed E-state index contributed by atoms with van der Waals surface area (Å²) >= 11 is 0. The molecule has 0 saturated heterocycles. The number of nitrogens with one attached hydrogen (secondary N) is 2. The van der Waals surface area contributed by atoms with E-state index < -0.39 is 0 Å². The van der Waals surface area contributed by atoms with Gasteiger partial charge in [0.05, 0.1) is 17.6 Å². The molecule has 1 aliphatic rings. The summed E-state index contributed by atoms with van der Waals surface area (Å²) in [5.74, 6) is 2.86. The Morgan fingerprint density at radius 1 is 1.12 bits per heavy atom. The van der Waals surface area contributed by atoms with Crippen LogP contribution in [0.2, 0.25) is 0 Å². The van der Waals surface area contributed by atoms with Gasteiger partial charge in [0.1, 0.15) is 5.75 Å². The summed E-state index contributed by atoms with van der Waals surface area (Å²) in [6.45, 7) is 12.7. The Morgan fingerprint density at radius 3 is 2.49 bits per heavy atom. The third kappa shape index (κ3) is 6.69. The Balaban J connectivity index is 1.40. The monoisotopic (exact) mass is 558 g/mol. The average molecular weight is 559 g/mol. The number of carbonyl (C=O) groups is 1. The van der Waals surface area contributed by atoms with Crippen molar-refractivity contribution in [3.05, 3.63) is 53.6 Å². The number of ether oxygens (including phenoxy) is 1. The van der Waals surface area contributed by atoms with Crippen molar-refractivity contribution in [3.8, 4) is 5.75 Å². The largest absolute Gasteiger partial charge is 0.493 e. The first kappa shape index (κ1) is 28.6. The SMILES string of the molecule is CC(C)COc1ccc2c(c1)nc(N(Cc1ccc(C(=O)Nc3nn[nH]n3)cc1)C1CCC(C(C)(C)C)CC1)n2C. The Hall–Kier alpha value is -3.95. The minimum atomic E-state index is -0.277. The van der Waals surface area contributed by atoms with Crippen molar-refractivity contribution in [3.63, 3.8) is 0 Å². The van der Waals surface area contributed by atoms with Gasteiger partial charge in [-0.2, -0.15) is 5.21 Å². The minimum Gasteiger partial charge on any atom is -0.493 e. The van der Waals surface area contributed by atoms with Gasteiger partial charge in [-0.1, -0.05) is 51.9 Å². The highest BCUT2D eigenvalue weighted by Gasteiger charge is 2.33. The predicted octanol–water partition coefficient (Wildman–Crippen LogP) is 5.99. The number of imidazole rings is 1. The number of amides is 1. The maximum atomic E-state index is 12.6. The molecule has 0 spiro atoms. The summed E-state index contributed by atoms with van der Waals surface area (Å²) in [6, 6.07) is 14.3. The van der Waals surface area contributed by atoms with Crippen LogP contribution in [-0.4, -0.2) is 48.7 Å². The molecule has 0 unspecified atom stereocenters. The van der Waals surface area contributed by atoms with Crippen molar-refractivity contribution in [1.29, 1.82) is 0 Å². The van der Waals surface area contributed by atoms with Crippen LogP contribution in [0.4, 0.5) is 11.9 Å². The fourth-order valence-corrected chi connectivity index (χ4v) is 5.74. The van der Waals surface area contributed by atoms with Crippen LogP contribution >= 0.6 is 0 Å². The van der Waals surface area contributed by atoms with E-state index in [2.05, 4.69) is 83.1 Å². The first-order valence-corrected chi connectivity index (χ1v) is 14.6. The molecule has 0 bridgehead atoms. The van der Waals surface area contributed by atoms with Crippen molar-refractivity contribution in [1.82, 2.24) is 30.2 Å². The summed E-state index contributed by atoms with van der Waals surface area (Å²) in [4.78, 5) is 20.2. The number of nitrogens with zero attached hydrogens (tertiary/aromatic N) is 6. The molecule has 1 fully saturated rings. The molecule has 2 N–H and O–H groups in total. The number of rotatable bonds is 9. The van der Waals surface area contributed by atoms with Crippen molar-refractivity contribution in [2.24, 2.45) is 24.3 Å². The van der Waals surface area contributed by atoms with Crippen molar-refractivity contribution in [2.75, 3.05) is 16.8 Å². The highest BCUT2D eigenvalue weighted by atomic mass is 16.5. The van der Waals surface area contributed by atoms with Crippen LogP contribution in [-0.2, 0) is 13.6 Å². The summed E-state index contributed by atoms with van der Waals surface area (Å²) in [6.07, 6.45) is 4.66. The van der Waals surface area contributed by atoms with Gasteiger partial charge in [0.25, 0.3) is 11.9 Å². The van der Waals surface area contributed by atoms with Gasteiger partial charge in [-0.15, -0.1) is 5.10 Å². The summed E-state index contributed by atoms with van der Waals surface area (Å²) in [5, 5.41) is 16.0. The average Bonchev–Trinajstić information content (AvgIpc) is 3.58. The number of H-pyrrole nitrogens is 1. The topological polar surface area (TPSA) is 114 Å². The molecule has 2 heterocycles. The molecule has 218 valence electrons. The van der Waals surface area contributed by atoms with Crippen molar-refractivity contribution < 1.29 is 9.53 Å². The molecule has 1 amide bonds. The standard InChI is InChI=1S/C31H42N8O2/c1-20(2)19-41-25-15-16-27-26(17-25)32-30(38(27)6)39(24-13-11-23(12-14-24)31(3,4)5)18-21-7-9-22(10-8-21)28(40)33-29-34-36-37-35-29/h7-10,15-17,20,23-24H,11-14,18-19H2,1-6H3,(H2,33,34,35,36,37,40). The minimum absolute atomic E-state index is 0.149. The molecular weight excluding hydrogens is 516 g/mol. The van der Waals surface area contributed by atoms with Gasteiger partial charge >= 0.3 is 0 Å². The van der Waals surface area contributed by atoms with Crippen LogP contribution in [0, 0.1) is 17.3 Å². The van der Waals surface area contributed by atoms with Gasteiger partial charge in [-0.3, -0.25) is 10.1 Å². The number of anilines is 2. The zero-order valence-corrected chi connectivity index (χ0v) is 25.0. The number of benzene rings is 2. The number of hydrogen-bond donors (Lipinski definition) is 2. The van der Waals surface area contributed by atoms with Crippen LogP contribution in [0.3, 0.4) is 0 Å². The molecule has 1 aliphatic carbocycles. The normalized spacial score (nSPS) is 17.6. The first-order chi connectivity index (χ1) is 19.6. The molecule has 0 atom stereocenters. The maximum Gasteiger partial charge on any atom is 0.270 e. The lowest BCUT2D eigenvalue weighted by Gasteiger charge is -2.41. The quantitative estimate of drug-likeness (QED) is 0.260. The number of hydrogen-bond acceptors (Lipinski definition) is 7. The van der Waals surface area contributed by atoms with E-state index in [0.29, 0.717) is 36.1 Å². The van der Waals surface area contributed by atoms with Gasteiger partial charge in [-0.05, 0) is 78.0 Å². The van der Waals surface area contributed by atoms with E-state index in [-0.39, 0.29) is 11.9 Å². The lowest BCUT2D eigenvalue weighted by molar-refractivity contribution is 0.102. The van der Waals surface area contributed by atoms with Crippen molar-refractivity contribution in [2.45, 2.75) is 72.9 Å². The van der Waals surface area contributed by atoms with Gasteiger partial charge < -0.3 is 14.2 Å². The van der Waals surface area contributed by atoms with E-state index in [9.17, 15) is 4.79 Å². The Morgan fingerprint density at radius 2 is 1.85 bits per heavy atom. The molecule has 4 aromatic rings. The molecular formula is C31H42N8O2. The molecule has 41 heavy (non-hydrogen) atoms. The van der Waals surface area contributed by atoms with Crippen LogP contribution in [0.1, 0.15) is 76.2 Å². The summed E-state index contributed by atoms with van der Waals surface area (Å²) < 4.78 is 8.19. The lowest BCUT2D eigenvalue weighted by atomic mass is 9.71. The summed E-state index contributed by atoms with van der Waals surface area (Å²) in [5.41, 5.74) is 3.99. The molecule has 2 aromatic carbocycles. The van der Waals surface area contributed by atoms with E-state index in [1.54, 1.807) is 0 Å². The van der Waals surface area contributed by atoms with Gasteiger partial charge in [-0.25, -0.2) is 4.98 Å². The zero-order chi connectivity index (χ0) is 29.1. The van der Waals surface area contributed by atoms with Gasteiger partial charge in [0.2, 0.25) is 5.95 Å². The first-order valence-electron chi connectivity index (χ1n) is 14.6. The fraction of sp³-hybridized carbons (Fsp3) is 0.516. The van der Waals surface area contributed by atoms with Crippen LogP contribution in [0.25, 0.3) is 11.0 Å². The second-order valence-electron chi connectivity index (χ2n) is 12.7. The lowest BCUT2D eigenvalue weighted by Crippen LogP contribution is -2.41. The third-order valence-corrected chi connectivity index (χ3v) is 8.17. The van der Waals surface area contributed by atoms with Gasteiger partial charge in [0.15, 0.2) is 0 Å². The number of tetrazole rings is 1. The number of aromatic amines is 1. The fourth-order valence-electron chi connectivity index (χ4n) is 5.74. The smallest absolute Gasteiger partial charge is 0.270 e. The molecule has 0 radical (unpaired) electrons. The molecule has 10 nitrogen and oxygen atoms in total. The summed E-state index contributed by atoms with van der Waals surface area (Å²) in [7, 11) is 2.10. The number of aryl methyl sites for hydroxylation is 1. The highest BCUT2D eigenvalue weighted by Crippen LogP contribution is 2.40. The van der Waals surface area contributed by atoms with Crippen LogP contribution in [0.15, 0.2) is 42.5 Å². The molecule has 0 aliphatic heterocycles. The Kier molecular flexibility index (Phi) is 8.28. The van der Waals surface area contributed by atoms with E-state index in [1.165, 1.54) is 12.8 Å². The number of aromatic nitrogens is 6. The number of fused-ring (bicyclic) bond motifs is 1. The van der Waals surface area contributed by atoms with Crippen LogP contribution < -0.4 is 15.0 Å². The highest BCUT2D eigenvalue weighted by molar-refractivity contribution is 6.03. The van der Waals surface area contributed by atoms with Gasteiger partial charge in [0, 0.05) is 31.3 Å². The zero-order valence-electron chi connectivity index (χ0n) is 25.0. The van der Waals surface area contributed by atoms with E-state index in [1.807, 2.05) is 36.4 Å². The maximum absolute atomic E-state index is 12.6. The van der Waals surface area contributed by atoms with Crippen molar-refractivity contribution >= 4 is 28.8 Å². The third-order valence-electron chi connectivity index (χ3n) is 8.17. The van der Waals surface area contributed by atoms with E-state index in [0.717, 1.165) is 47.1 Å². The second-order valence-corrected chi connectivity index (χ2v) is 12.7.